The average Bonchev–Trinajstić information content (AvgIpc) is 3.16. The first-order valence-corrected chi connectivity index (χ1v) is 9.28. The molecule has 0 bridgehead atoms. The van der Waals surface area contributed by atoms with Crippen LogP contribution in [0.3, 0.4) is 0 Å². The zero-order valence-corrected chi connectivity index (χ0v) is 14.5. The van der Waals surface area contributed by atoms with Crippen LogP contribution in [-0.4, -0.2) is 29.4 Å². The minimum absolute atomic E-state index is 0.306. The van der Waals surface area contributed by atoms with Crippen LogP contribution < -0.4 is 0 Å². The molecule has 8 heteroatoms. The first kappa shape index (κ1) is 16.5. The monoisotopic (exact) mass is 345 g/mol. The molecule has 126 valence electrons. The molecule has 0 aliphatic carbocycles. The Hall–Kier alpha value is -2.35. The molecule has 1 atom stereocenters. The van der Waals surface area contributed by atoms with Crippen molar-refractivity contribution in [1.29, 1.82) is 0 Å². The molecule has 0 aliphatic rings. The third-order valence-electron chi connectivity index (χ3n) is 3.54. The molecule has 1 aromatic carbocycles. The second kappa shape index (κ2) is 7.48. The highest BCUT2D eigenvalue weighted by molar-refractivity contribution is 7.83. The maximum absolute atomic E-state index is 12.5. The van der Waals surface area contributed by atoms with E-state index >= 15 is 0 Å². The number of hydrogen-bond acceptors (Lipinski definition) is 6. The van der Waals surface area contributed by atoms with Crippen LogP contribution in [0, 0.1) is 6.92 Å². The predicted molar refractivity (Wildman–Crippen MR) is 90.3 cm³/mol. The van der Waals surface area contributed by atoms with E-state index in [2.05, 4.69) is 20.5 Å². The number of rotatable bonds is 7. The third-order valence-corrected chi connectivity index (χ3v) is 4.72. The molecule has 0 N–H and O–H groups in total. The van der Waals surface area contributed by atoms with Crippen molar-refractivity contribution < 1.29 is 8.63 Å². The summed E-state index contributed by atoms with van der Waals surface area (Å²) < 4.78 is 19.9. The Morgan fingerprint density at radius 2 is 2.00 bits per heavy atom. The van der Waals surface area contributed by atoms with Crippen LogP contribution in [0.1, 0.15) is 30.6 Å². The molecule has 0 saturated carbocycles. The van der Waals surface area contributed by atoms with E-state index in [9.17, 15) is 4.21 Å². The Kier molecular flexibility index (Phi) is 5.14. The van der Waals surface area contributed by atoms with E-state index in [-0.39, 0.29) is 0 Å². The van der Waals surface area contributed by atoms with E-state index in [0.29, 0.717) is 34.7 Å². The summed E-state index contributed by atoms with van der Waals surface area (Å²) in [7, 11) is -1.15. The van der Waals surface area contributed by atoms with Gasteiger partial charge in [-0.3, -0.25) is 4.21 Å². The zero-order valence-electron chi connectivity index (χ0n) is 13.7. The van der Waals surface area contributed by atoms with E-state index < -0.39 is 10.8 Å². The predicted octanol–water partition coefficient (Wildman–Crippen LogP) is 2.50. The molecule has 24 heavy (non-hydrogen) atoms. The molecule has 7 nitrogen and oxygen atoms in total. The minimum Gasteiger partial charge on any atom is -0.441 e. The van der Waals surface area contributed by atoms with Gasteiger partial charge in [-0.2, -0.15) is 0 Å². The van der Waals surface area contributed by atoms with Crippen LogP contribution in [0.2, 0.25) is 0 Å². The number of nitrogens with zero attached hydrogens (tertiary/aromatic N) is 5. The van der Waals surface area contributed by atoms with Gasteiger partial charge in [0.2, 0.25) is 5.89 Å². The summed E-state index contributed by atoms with van der Waals surface area (Å²) in [5.41, 5.74) is 1.62. The van der Waals surface area contributed by atoms with E-state index in [0.717, 1.165) is 18.5 Å². The van der Waals surface area contributed by atoms with Crippen LogP contribution in [-0.2, 0) is 28.9 Å². The molecule has 3 aromatic rings. The fourth-order valence-corrected chi connectivity index (χ4v) is 3.50. The molecule has 3 rings (SSSR count). The second-order valence-electron chi connectivity index (χ2n) is 5.43. The SMILES string of the molecule is CCCn1nnnc1CS(=O)Cc1nc(-c2ccccc2)oc1C. The third kappa shape index (κ3) is 3.76. The molecule has 1 unspecified atom stereocenters. The van der Waals surface area contributed by atoms with Gasteiger partial charge < -0.3 is 4.42 Å². The molecular weight excluding hydrogens is 326 g/mol. The Bertz CT molecular complexity index is 828. The van der Waals surface area contributed by atoms with Crippen molar-refractivity contribution in [2.24, 2.45) is 0 Å². The van der Waals surface area contributed by atoms with E-state index in [1.807, 2.05) is 44.2 Å². The maximum Gasteiger partial charge on any atom is 0.226 e. The van der Waals surface area contributed by atoms with E-state index in [1.165, 1.54) is 0 Å². The number of aryl methyl sites for hydroxylation is 2. The molecule has 0 spiro atoms. The minimum atomic E-state index is -1.15. The number of oxazole rings is 1. The van der Waals surface area contributed by atoms with Crippen molar-refractivity contribution in [3.63, 3.8) is 0 Å². The van der Waals surface area contributed by atoms with Gasteiger partial charge in [-0.05, 0) is 35.9 Å². The molecule has 0 aliphatic heterocycles. The highest BCUT2D eigenvalue weighted by Crippen LogP contribution is 2.22. The van der Waals surface area contributed by atoms with Gasteiger partial charge in [-0.25, -0.2) is 9.67 Å². The molecule has 0 saturated heterocycles. The zero-order chi connectivity index (χ0) is 16.9. The van der Waals surface area contributed by atoms with Gasteiger partial charge >= 0.3 is 0 Å². The lowest BCUT2D eigenvalue weighted by atomic mass is 10.2. The lowest BCUT2D eigenvalue weighted by Crippen LogP contribution is -2.09. The van der Waals surface area contributed by atoms with Gasteiger partial charge in [0.05, 0.1) is 17.2 Å². The number of tetrazole rings is 1. The van der Waals surface area contributed by atoms with Crippen molar-refractivity contribution in [2.45, 2.75) is 38.3 Å². The van der Waals surface area contributed by atoms with Crippen LogP contribution in [0.4, 0.5) is 0 Å². The summed E-state index contributed by atoms with van der Waals surface area (Å²) in [5, 5.41) is 11.5. The largest absolute Gasteiger partial charge is 0.441 e. The number of benzene rings is 1. The molecular formula is C16H19N5O2S. The molecule has 2 aromatic heterocycles. The average molecular weight is 345 g/mol. The summed E-state index contributed by atoms with van der Waals surface area (Å²) in [5.74, 6) is 2.51. The van der Waals surface area contributed by atoms with Crippen LogP contribution in [0.15, 0.2) is 34.7 Å². The molecule has 2 heterocycles. The van der Waals surface area contributed by atoms with E-state index in [1.54, 1.807) is 4.68 Å². The highest BCUT2D eigenvalue weighted by Gasteiger charge is 2.16. The summed E-state index contributed by atoms with van der Waals surface area (Å²) >= 11 is 0. The van der Waals surface area contributed by atoms with Crippen LogP contribution in [0.5, 0.6) is 0 Å². The Morgan fingerprint density at radius 1 is 1.21 bits per heavy atom. The second-order valence-corrected chi connectivity index (χ2v) is 6.89. The Labute approximate surface area is 142 Å². The van der Waals surface area contributed by atoms with Crippen molar-refractivity contribution in [2.75, 3.05) is 0 Å². The lowest BCUT2D eigenvalue weighted by molar-refractivity contribution is 0.540. The van der Waals surface area contributed by atoms with Gasteiger partial charge in [-0.15, -0.1) is 5.10 Å². The first-order valence-electron chi connectivity index (χ1n) is 7.79. The Morgan fingerprint density at radius 3 is 2.75 bits per heavy atom. The van der Waals surface area contributed by atoms with Gasteiger partial charge in [0, 0.05) is 22.9 Å². The smallest absolute Gasteiger partial charge is 0.226 e. The van der Waals surface area contributed by atoms with Crippen molar-refractivity contribution in [3.05, 3.63) is 47.6 Å². The summed E-state index contributed by atoms with van der Waals surface area (Å²) in [6.07, 6.45) is 0.924. The first-order chi connectivity index (χ1) is 11.7. The highest BCUT2D eigenvalue weighted by atomic mass is 32.2. The fraction of sp³-hybridized carbons (Fsp3) is 0.375. The van der Waals surface area contributed by atoms with Crippen LogP contribution in [0.25, 0.3) is 11.5 Å². The number of aromatic nitrogens is 5. The topological polar surface area (TPSA) is 86.7 Å². The maximum atomic E-state index is 12.5. The fourth-order valence-electron chi connectivity index (χ4n) is 2.33. The quantitative estimate of drug-likeness (QED) is 0.654. The van der Waals surface area contributed by atoms with Gasteiger partial charge in [-0.1, -0.05) is 25.1 Å². The van der Waals surface area contributed by atoms with Gasteiger partial charge in [0.1, 0.15) is 5.76 Å². The summed E-state index contributed by atoms with van der Waals surface area (Å²) in [6, 6.07) is 9.67. The normalized spacial score (nSPS) is 12.4. The number of hydrogen-bond donors (Lipinski definition) is 0. The summed E-state index contributed by atoms with van der Waals surface area (Å²) in [4.78, 5) is 4.49. The van der Waals surface area contributed by atoms with E-state index in [4.69, 9.17) is 4.42 Å². The summed E-state index contributed by atoms with van der Waals surface area (Å²) in [6.45, 7) is 4.61. The van der Waals surface area contributed by atoms with Crippen LogP contribution >= 0.6 is 0 Å². The van der Waals surface area contributed by atoms with Gasteiger partial charge in [0.15, 0.2) is 5.82 Å². The van der Waals surface area contributed by atoms with Crippen molar-refractivity contribution >= 4 is 10.8 Å². The van der Waals surface area contributed by atoms with Crippen molar-refractivity contribution in [1.82, 2.24) is 25.2 Å². The lowest BCUT2D eigenvalue weighted by Gasteiger charge is -2.02. The standard InChI is InChI=1S/C16H19N5O2S/c1-3-9-21-15(18-19-20-21)11-24(22)10-14-12(2)23-16(17-14)13-7-5-4-6-8-13/h4-8H,3,9-11H2,1-2H3. The molecule has 0 radical (unpaired) electrons. The van der Waals surface area contributed by atoms with Gasteiger partial charge in [0.25, 0.3) is 0 Å². The van der Waals surface area contributed by atoms with Crippen molar-refractivity contribution in [3.8, 4) is 11.5 Å². The molecule has 0 amide bonds. The Balaban J connectivity index is 1.71. The molecule has 0 fully saturated rings.